The number of benzene rings is 1. The molecule has 1 aliphatic rings. The Kier molecular flexibility index (Phi) is 2.72. The Labute approximate surface area is 101 Å². The predicted octanol–water partition coefficient (Wildman–Crippen LogP) is 2.88. The van der Waals surface area contributed by atoms with Crippen LogP contribution in [0, 0.1) is 16.7 Å². The summed E-state index contributed by atoms with van der Waals surface area (Å²) in [6, 6.07) is 11.6. The molecule has 1 N–H and O–H groups in total. The van der Waals surface area contributed by atoms with E-state index in [2.05, 4.69) is 5.32 Å². The summed E-state index contributed by atoms with van der Waals surface area (Å²) in [5.74, 6) is -0.0709. The predicted molar refractivity (Wildman–Crippen MR) is 66.1 cm³/mol. The number of allylic oxidation sites excluding steroid dienone is 2. The number of hydrogen-bond donors (Lipinski definition) is 1. The minimum absolute atomic E-state index is 0.0709. The number of nitrogens with zero attached hydrogens (tertiary/aromatic N) is 1. The first-order valence-corrected chi connectivity index (χ1v) is 5.55. The van der Waals surface area contributed by atoms with Gasteiger partial charge in [0.1, 0.15) is 11.6 Å². The van der Waals surface area contributed by atoms with Crippen LogP contribution < -0.4 is 5.32 Å². The summed E-state index contributed by atoms with van der Waals surface area (Å²) in [5.41, 5.74) is 1.43. The lowest BCUT2D eigenvalue weighted by Gasteiger charge is -2.15. The van der Waals surface area contributed by atoms with Crippen molar-refractivity contribution >= 4 is 11.5 Å². The zero-order chi connectivity index (χ0) is 12.5. The van der Waals surface area contributed by atoms with Crippen LogP contribution in [0.3, 0.4) is 0 Å². The van der Waals surface area contributed by atoms with Crippen molar-refractivity contribution in [3.05, 3.63) is 41.6 Å². The van der Waals surface area contributed by atoms with Gasteiger partial charge in [-0.15, -0.1) is 0 Å². The summed E-state index contributed by atoms with van der Waals surface area (Å²) >= 11 is 0. The fourth-order valence-electron chi connectivity index (χ4n) is 2.01. The third-order valence-electron chi connectivity index (χ3n) is 2.94. The summed E-state index contributed by atoms with van der Waals surface area (Å²) in [6.07, 6.45) is 0.587. The van der Waals surface area contributed by atoms with Gasteiger partial charge in [0.05, 0.1) is 0 Å². The van der Waals surface area contributed by atoms with Crippen molar-refractivity contribution < 1.29 is 4.79 Å². The fourth-order valence-corrected chi connectivity index (χ4v) is 2.01. The zero-order valence-corrected chi connectivity index (χ0v) is 9.95. The molecule has 86 valence electrons. The van der Waals surface area contributed by atoms with E-state index in [1.54, 1.807) is 0 Å². The van der Waals surface area contributed by atoms with Crippen molar-refractivity contribution in [1.29, 1.82) is 5.26 Å². The normalized spacial score (nSPS) is 18.1. The fraction of sp³-hybridized carbons (Fsp3) is 0.286. The van der Waals surface area contributed by atoms with Gasteiger partial charge in [0.25, 0.3) is 0 Å². The van der Waals surface area contributed by atoms with Crippen molar-refractivity contribution in [2.45, 2.75) is 20.3 Å². The highest BCUT2D eigenvalue weighted by Gasteiger charge is 2.39. The third-order valence-corrected chi connectivity index (χ3v) is 2.94. The standard InChI is InChI=1S/C14H14N2O/c1-14(2)8-12(11(9-15)13(14)17)16-10-6-4-3-5-7-10/h3-7,16H,8H2,1-2H3. The van der Waals surface area contributed by atoms with Gasteiger partial charge in [0.2, 0.25) is 0 Å². The van der Waals surface area contributed by atoms with Gasteiger partial charge in [-0.2, -0.15) is 5.26 Å². The number of carbonyl (C=O) groups excluding carboxylic acids is 1. The number of Topliss-reactive ketones (excluding diaryl/α,β-unsaturated/α-hetero) is 1. The molecule has 0 bridgehead atoms. The minimum Gasteiger partial charge on any atom is -0.358 e. The molecule has 0 heterocycles. The smallest absolute Gasteiger partial charge is 0.181 e. The molecule has 0 saturated heterocycles. The van der Waals surface area contributed by atoms with Gasteiger partial charge < -0.3 is 5.32 Å². The second-order valence-corrected chi connectivity index (χ2v) is 4.85. The molecule has 0 unspecified atom stereocenters. The minimum atomic E-state index is -0.470. The number of para-hydroxylation sites is 1. The van der Waals surface area contributed by atoms with Gasteiger partial charge in [-0.3, -0.25) is 4.79 Å². The second kappa shape index (κ2) is 4.06. The van der Waals surface area contributed by atoms with Crippen molar-refractivity contribution in [2.24, 2.45) is 5.41 Å². The van der Waals surface area contributed by atoms with Gasteiger partial charge in [-0.25, -0.2) is 0 Å². The Morgan fingerprint density at radius 1 is 1.29 bits per heavy atom. The molecule has 0 saturated carbocycles. The van der Waals surface area contributed by atoms with Crippen LogP contribution >= 0.6 is 0 Å². The van der Waals surface area contributed by atoms with Crippen LogP contribution in [-0.2, 0) is 4.79 Å². The van der Waals surface area contributed by atoms with E-state index in [1.807, 2.05) is 50.2 Å². The van der Waals surface area contributed by atoms with Crippen LogP contribution in [-0.4, -0.2) is 5.78 Å². The number of ketones is 1. The van der Waals surface area contributed by atoms with E-state index in [4.69, 9.17) is 5.26 Å². The third kappa shape index (κ3) is 2.07. The number of hydrogen-bond acceptors (Lipinski definition) is 3. The zero-order valence-electron chi connectivity index (χ0n) is 9.95. The van der Waals surface area contributed by atoms with Crippen LogP contribution in [0.25, 0.3) is 0 Å². The lowest BCUT2D eigenvalue weighted by atomic mass is 9.88. The summed E-state index contributed by atoms with van der Waals surface area (Å²) in [4.78, 5) is 11.9. The van der Waals surface area contributed by atoms with Gasteiger partial charge in [-0.05, 0) is 12.1 Å². The van der Waals surface area contributed by atoms with E-state index >= 15 is 0 Å². The second-order valence-electron chi connectivity index (χ2n) is 4.85. The quantitative estimate of drug-likeness (QED) is 0.843. The highest BCUT2D eigenvalue weighted by atomic mass is 16.1. The van der Waals surface area contributed by atoms with Gasteiger partial charge >= 0.3 is 0 Å². The first kappa shape index (κ1) is 11.4. The van der Waals surface area contributed by atoms with Crippen LogP contribution in [0.5, 0.6) is 0 Å². The Hall–Kier alpha value is -2.08. The number of nitriles is 1. The SMILES string of the molecule is CC1(C)CC(Nc2ccccc2)=C(C#N)C1=O. The van der Waals surface area contributed by atoms with Crippen LogP contribution in [0.4, 0.5) is 5.69 Å². The van der Waals surface area contributed by atoms with E-state index < -0.39 is 5.41 Å². The number of anilines is 1. The molecular formula is C14H14N2O. The molecule has 0 fully saturated rings. The van der Waals surface area contributed by atoms with Gasteiger partial charge in [0.15, 0.2) is 5.78 Å². The summed E-state index contributed by atoms with van der Waals surface area (Å²) in [7, 11) is 0. The lowest BCUT2D eigenvalue weighted by Crippen LogP contribution is -2.19. The van der Waals surface area contributed by atoms with Crippen LogP contribution in [0.2, 0.25) is 0 Å². The molecule has 0 atom stereocenters. The summed E-state index contributed by atoms with van der Waals surface area (Å²) in [5, 5.41) is 12.2. The van der Waals surface area contributed by atoms with E-state index in [1.165, 1.54) is 0 Å². The Bertz CT molecular complexity index is 521. The maximum absolute atomic E-state index is 11.9. The van der Waals surface area contributed by atoms with Crippen LogP contribution in [0.1, 0.15) is 20.3 Å². The van der Waals surface area contributed by atoms with Crippen molar-refractivity contribution in [2.75, 3.05) is 5.32 Å². The molecule has 0 radical (unpaired) electrons. The molecule has 1 aromatic rings. The molecule has 17 heavy (non-hydrogen) atoms. The average molecular weight is 226 g/mol. The molecule has 0 aromatic heterocycles. The molecule has 1 aliphatic carbocycles. The Morgan fingerprint density at radius 3 is 2.53 bits per heavy atom. The van der Waals surface area contributed by atoms with Gasteiger partial charge in [0, 0.05) is 23.2 Å². The Balaban J connectivity index is 2.30. The number of nitrogens with one attached hydrogen (secondary N) is 1. The summed E-state index contributed by atoms with van der Waals surface area (Å²) in [6.45, 7) is 3.73. The molecule has 1 aromatic carbocycles. The highest BCUT2D eigenvalue weighted by Crippen LogP contribution is 2.38. The first-order chi connectivity index (χ1) is 8.04. The average Bonchev–Trinajstić information content (AvgIpc) is 2.51. The molecule has 2 rings (SSSR count). The van der Waals surface area contributed by atoms with Crippen LogP contribution in [0.15, 0.2) is 41.6 Å². The number of rotatable bonds is 2. The van der Waals surface area contributed by atoms with Crippen molar-refractivity contribution in [1.82, 2.24) is 0 Å². The maximum Gasteiger partial charge on any atom is 0.181 e. The lowest BCUT2D eigenvalue weighted by molar-refractivity contribution is -0.121. The largest absolute Gasteiger partial charge is 0.358 e. The molecule has 0 aliphatic heterocycles. The highest BCUT2D eigenvalue weighted by molar-refractivity contribution is 6.06. The molecule has 0 amide bonds. The van der Waals surface area contributed by atoms with E-state index in [0.717, 1.165) is 11.4 Å². The molecule has 3 heteroatoms. The summed E-state index contributed by atoms with van der Waals surface area (Å²) < 4.78 is 0. The molecule has 0 spiro atoms. The number of carbonyl (C=O) groups is 1. The molecule has 3 nitrogen and oxygen atoms in total. The first-order valence-electron chi connectivity index (χ1n) is 5.55. The van der Waals surface area contributed by atoms with E-state index in [9.17, 15) is 4.79 Å². The van der Waals surface area contributed by atoms with Gasteiger partial charge in [-0.1, -0.05) is 32.0 Å². The van der Waals surface area contributed by atoms with E-state index in [0.29, 0.717) is 6.42 Å². The maximum atomic E-state index is 11.9. The van der Waals surface area contributed by atoms with E-state index in [-0.39, 0.29) is 11.4 Å². The molecular weight excluding hydrogens is 212 g/mol. The van der Waals surface area contributed by atoms with Crippen molar-refractivity contribution in [3.8, 4) is 6.07 Å². The monoisotopic (exact) mass is 226 g/mol. The Morgan fingerprint density at radius 2 is 1.94 bits per heavy atom. The van der Waals surface area contributed by atoms with Crippen molar-refractivity contribution in [3.63, 3.8) is 0 Å². The topological polar surface area (TPSA) is 52.9 Å².